The molecular formula is C23H22O4. The van der Waals surface area contributed by atoms with Crippen LogP contribution < -0.4 is 14.2 Å². The normalized spacial score (nSPS) is 10.3. The molecule has 0 aliphatic rings. The van der Waals surface area contributed by atoms with E-state index in [9.17, 15) is 4.79 Å². The predicted molar refractivity (Wildman–Crippen MR) is 105 cm³/mol. The van der Waals surface area contributed by atoms with Gasteiger partial charge in [0.2, 0.25) is 0 Å². The first kappa shape index (κ1) is 18.5. The molecule has 0 heterocycles. The van der Waals surface area contributed by atoms with Gasteiger partial charge in [-0.05, 0) is 42.3 Å². The van der Waals surface area contributed by atoms with Crippen LogP contribution in [0.3, 0.4) is 0 Å². The smallest absolute Gasteiger partial charge is 0.161 e. The molecule has 0 saturated heterocycles. The minimum Gasteiger partial charge on any atom is -0.490 e. The lowest BCUT2D eigenvalue weighted by Gasteiger charge is -2.14. The van der Waals surface area contributed by atoms with Crippen LogP contribution >= 0.6 is 0 Å². The lowest BCUT2D eigenvalue weighted by atomic mass is 10.2. The minimum absolute atomic E-state index is 0.337. The zero-order chi connectivity index (χ0) is 18.9. The maximum absolute atomic E-state index is 11.1. The third kappa shape index (κ3) is 5.11. The monoisotopic (exact) mass is 362 g/mol. The van der Waals surface area contributed by atoms with Gasteiger partial charge in [0.15, 0.2) is 17.8 Å². The maximum Gasteiger partial charge on any atom is 0.161 e. The van der Waals surface area contributed by atoms with Crippen molar-refractivity contribution < 1.29 is 19.0 Å². The zero-order valence-corrected chi connectivity index (χ0v) is 15.3. The Labute approximate surface area is 159 Å². The molecule has 3 aromatic rings. The van der Waals surface area contributed by atoms with Crippen molar-refractivity contribution in [2.75, 3.05) is 6.61 Å². The second kappa shape index (κ2) is 9.43. The highest BCUT2D eigenvalue weighted by atomic mass is 16.5. The summed E-state index contributed by atoms with van der Waals surface area (Å²) in [5.41, 5.74) is 2.56. The topological polar surface area (TPSA) is 44.8 Å². The minimum atomic E-state index is 0.337. The Hall–Kier alpha value is -3.27. The van der Waals surface area contributed by atoms with E-state index < -0.39 is 0 Å². The van der Waals surface area contributed by atoms with Crippen LogP contribution in [0.2, 0.25) is 0 Å². The van der Waals surface area contributed by atoms with Gasteiger partial charge in [-0.3, -0.25) is 4.79 Å². The second-order valence-electron chi connectivity index (χ2n) is 5.93. The number of ether oxygens (including phenoxy) is 3. The van der Waals surface area contributed by atoms with Crippen molar-refractivity contribution in [2.24, 2.45) is 0 Å². The Morgan fingerprint density at radius 3 is 2.19 bits per heavy atom. The zero-order valence-electron chi connectivity index (χ0n) is 15.3. The average molecular weight is 362 g/mol. The van der Waals surface area contributed by atoms with E-state index in [0.717, 1.165) is 17.4 Å². The summed E-state index contributed by atoms with van der Waals surface area (Å²) in [5, 5.41) is 0. The van der Waals surface area contributed by atoms with Crippen LogP contribution in [-0.2, 0) is 13.2 Å². The second-order valence-corrected chi connectivity index (χ2v) is 5.93. The molecule has 0 unspecified atom stereocenters. The molecular weight excluding hydrogens is 340 g/mol. The van der Waals surface area contributed by atoms with Gasteiger partial charge >= 0.3 is 0 Å². The van der Waals surface area contributed by atoms with Crippen molar-refractivity contribution in [2.45, 2.75) is 20.1 Å². The third-order valence-corrected chi connectivity index (χ3v) is 3.99. The highest BCUT2D eigenvalue weighted by Crippen LogP contribution is 2.30. The summed E-state index contributed by atoms with van der Waals surface area (Å²) in [6, 6.07) is 22.9. The number of hydrogen-bond acceptors (Lipinski definition) is 4. The van der Waals surface area contributed by atoms with Crippen molar-refractivity contribution in [3.63, 3.8) is 0 Å². The van der Waals surface area contributed by atoms with Gasteiger partial charge in [0.05, 0.1) is 12.2 Å². The van der Waals surface area contributed by atoms with Crippen LogP contribution in [0.15, 0.2) is 72.8 Å². The van der Waals surface area contributed by atoms with Gasteiger partial charge < -0.3 is 14.2 Å². The molecule has 0 saturated carbocycles. The Kier molecular flexibility index (Phi) is 6.47. The number of rotatable bonds is 9. The molecule has 3 aromatic carbocycles. The van der Waals surface area contributed by atoms with Crippen LogP contribution in [0, 0.1) is 0 Å². The van der Waals surface area contributed by atoms with Crippen molar-refractivity contribution in [1.82, 2.24) is 0 Å². The first-order chi connectivity index (χ1) is 13.3. The summed E-state index contributed by atoms with van der Waals surface area (Å²) < 4.78 is 17.4. The van der Waals surface area contributed by atoms with E-state index in [2.05, 4.69) is 0 Å². The van der Waals surface area contributed by atoms with E-state index >= 15 is 0 Å². The third-order valence-electron chi connectivity index (χ3n) is 3.99. The number of benzene rings is 3. The molecule has 0 aliphatic carbocycles. The van der Waals surface area contributed by atoms with E-state index in [1.54, 1.807) is 12.1 Å². The molecule has 0 atom stereocenters. The van der Waals surface area contributed by atoms with Gasteiger partial charge in [0.1, 0.15) is 19.0 Å². The predicted octanol–water partition coefficient (Wildman–Crippen LogP) is 5.06. The number of para-hydroxylation sites is 1. The SMILES string of the molecule is CCOc1cc(COc2ccccc2C=O)ccc1OCc1ccccc1. The lowest BCUT2D eigenvalue weighted by molar-refractivity contribution is 0.111. The lowest BCUT2D eigenvalue weighted by Crippen LogP contribution is -2.02. The van der Waals surface area contributed by atoms with Gasteiger partial charge in [-0.25, -0.2) is 0 Å². The number of carbonyl (C=O) groups excluding carboxylic acids is 1. The van der Waals surface area contributed by atoms with E-state index in [4.69, 9.17) is 14.2 Å². The maximum atomic E-state index is 11.1. The molecule has 138 valence electrons. The first-order valence-electron chi connectivity index (χ1n) is 8.89. The molecule has 0 spiro atoms. The highest BCUT2D eigenvalue weighted by Gasteiger charge is 2.09. The van der Waals surface area contributed by atoms with E-state index in [1.165, 1.54) is 0 Å². The Morgan fingerprint density at radius 1 is 0.704 bits per heavy atom. The molecule has 0 N–H and O–H groups in total. The van der Waals surface area contributed by atoms with E-state index in [-0.39, 0.29) is 0 Å². The summed E-state index contributed by atoms with van der Waals surface area (Å²) in [6.07, 6.45) is 0.793. The standard InChI is InChI=1S/C23H22O4/c1-2-25-23-14-19(17-26-21-11-7-6-10-20(21)15-24)12-13-22(23)27-16-18-8-4-3-5-9-18/h3-15H,2,16-17H2,1H3. The number of carbonyl (C=O) groups is 1. The van der Waals surface area contributed by atoms with Crippen LogP contribution in [0.1, 0.15) is 28.4 Å². The summed E-state index contributed by atoms with van der Waals surface area (Å²) in [6.45, 7) is 3.29. The van der Waals surface area contributed by atoms with Crippen molar-refractivity contribution in [3.05, 3.63) is 89.5 Å². The fourth-order valence-electron chi connectivity index (χ4n) is 2.64. The van der Waals surface area contributed by atoms with Crippen LogP contribution in [0.25, 0.3) is 0 Å². The highest BCUT2D eigenvalue weighted by molar-refractivity contribution is 5.79. The Bertz CT molecular complexity index is 875. The first-order valence-corrected chi connectivity index (χ1v) is 8.89. The average Bonchev–Trinajstić information content (AvgIpc) is 2.72. The van der Waals surface area contributed by atoms with Gasteiger partial charge in [-0.15, -0.1) is 0 Å². The van der Waals surface area contributed by atoms with E-state index in [0.29, 0.717) is 42.6 Å². The molecule has 0 aromatic heterocycles. The van der Waals surface area contributed by atoms with Crippen LogP contribution in [0.5, 0.6) is 17.2 Å². The molecule has 27 heavy (non-hydrogen) atoms. The summed E-state index contributed by atoms with van der Waals surface area (Å²) in [5.74, 6) is 1.94. The molecule has 0 bridgehead atoms. The summed E-state index contributed by atoms with van der Waals surface area (Å²) in [4.78, 5) is 11.1. The fourth-order valence-corrected chi connectivity index (χ4v) is 2.64. The van der Waals surface area contributed by atoms with Crippen LogP contribution in [0.4, 0.5) is 0 Å². The van der Waals surface area contributed by atoms with E-state index in [1.807, 2.05) is 67.6 Å². The number of hydrogen-bond donors (Lipinski definition) is 0. The van der Waals surface area contributed by atoms with Gasteiger partial charge in [0, 0.05) is 0 Å². The molecule has 0 fully saturated rings. The quantitative estimate of drug-likeness (QED) is 0.499. The molecule has 0 amide bonds. The molecule has 4 nitrogen and oxygen atoms in total. The summed E-state index contributed by atoms with van der Waals surface area (Å²) in [7, 11) is 0. The van der Waals surface area contributed by atoms with Crippen molar-refractivity contribution >= 4 is 6.29 Å². The molecule has 0 radical (unpaired) electrons. The Balaban J connectivity index is 1.70. The number of aldehydes is 1. The van der Waals surface area contributed by atoms with Crippen molar-refractivity contribution in [1.29, 1.82) is 0 Å². The van der Waals surface area contributed by atoms with Crippen molar-refractivity contribution in [3.8, 4) is 17.2 Å². The fraction of sp³-hybridized carbons (Fsp3) is 0.174. The molecule has 0 aliphatic heterocycles. The van der Waals surface area contributed by atoms with Crippen LogP contribution in [-0.4, -0.2) is 12.9 Å². The van der Waals surface area contributed by atoms with Gasteiger partial charge in [-0.2, -0.15) is 0 Å². The largest absolute Gasteiger partial charge is 0.490 e. The summed E-state index contributed by atoms with van der Waals surface area (Å²) >= 11 is 0. The molecule has 4 heteroatoms. The molecule has 3 rings (SSSR count). The Morgan fingerprint density at radius 2 is 1.41 bits per heavy atom. The van der Waals surface area contributed by atoms with Gasteiger partial charge in [0.25, 0.3) is 0 Å². The van der Waals surface area contributed by atoms with Gasteiger partial charge in [-0.1, -0.05) is 48.5 Å².